The summed E-state index contributed by atoms with van der Waals surface area (Å²) in [4.78, 5) is 51.8. The average molecular weight is 791 g/mol. The van der Waals surface area contributed by atoms with Crippen molar-refractivity contribution in [2.45, 2.75) is 218 Å². The average Bonchev–Trinajstić information content (AvgIpc) is 4.14. The van der Waals surface area contributed by atoms with E-state index in [1.165, 1.54) is 77.0 Å². The zero-order valence-corrected chi connectivity index (χ0v) is 35.3. The Morgan fingerprint density at radius 1 is 0.339 bits per heavy atom. The third kappa shape index (κ3) is 17.7. The van der Waals surface area contributed by atoms with Gasteiger partial charge in [-0.15, -0.1) is 0 Å². The molecule has 0 aromatic rings. The molecule has 8 atom stereocenters. The predicted molar refractivity (Wildman–Crippen MR) is 216 cm³/mol. The van der Waals surface area contributed by atoms with Gasteiger partial charge in [0.2, 0.25) is 0 Å². The number of carbonyl (C=O) groups excluding carboxylic acids is 4. The van der Waals surface area contributed by atoms with Crippen LogP contribution in [-0.2, 0) is 47.6 Å². The molecule has 10 heteroatoms. The summed E-state index contributed by atoms with van der Waals surface area (Å²) in [6.07, 6.45) is 29.5. The summed E-state index contributed by atoms with van der Waals surface area (Å²) in [5.74, 6) is -2.91. The standard InChI is InChI=1S/C46H78O10/c1-3-5-7-9-15-19-23-27-51-43(47)35-31-39-41(55-39)33-37(35)45(49)53-29-25-21-17-13-11-12-14-18-22-26-30-54-46(50)38-34-42-40(56-42)32-36(38)44(48)52-28-24-20-16-10-8-6-4-2/h35-42H,3-34H2,1-2H3. The number of unbranched alkanes of at least 4 members (excludes halogenated alkanes) is 21. The number of esters is 4. The second-order valence-corrected chi connectivity index (χ2v) is 17.2. The maximum Gasteiger partial charge on any atom is 0.309 e. The monoisotopic (exact) mass is 791 g/mol. The number of carbonyl (C=O) groups is 4. The molecule has 4 rings (SSSR count). The second kappa shape index (κ2) is 27.5. The van der Waals surface area contributed by atoms with E-state index >= 15 is 0 Å². The Labute approximate surface area is 338 Å². The van der Waals surface area contributed by atoms with Gasteiger partial charge in [-0.1, -0.05) is 142 Å². The van der Waals surface area contributed by atoms with E-state index in [-0.39, 0.29) is 48.3 Å². The Bertz CT molecular complexity index is 1040. The van der Waals surface area contributed by atoms with Crippen LogP contribution in [0.2, 0.25) is 0 Å². The lowest BCUT2D eigenvalue weighted by atomic mass is 9.79. The molecule has 4 fully saturated rings. The largest absolute Gasteiger partial charge is 0.465 e. The Hall–Kier alpha value is -2.20. The normalized spacial score (nSPS) is 26.1. The van der Waals surface area contributed by atoms with Crippen LogP contribution in [0.25, 0.3) is 0 Å². The molecule has 2 aliphatic heterocycles. The van der Waals surface area contributed by atoms with Gasteiger partial charge in [-0.05, 0) is 51.4 Å². The van der Waals surface area contributed by atoms with E-state index in [2.05, 4.69) is 13.8 Å². The van der Waals surface area contributed by atoms with Crippen molar-refractivity contribution in [2.75, 3.05) is 26.4 Å². The first-order chi connectivity index (χ1) is 27.4. The Kier molecular flexibility index (Phi) is 22.8. The number of epoxide rings is 2. The van der Waals surface area contributed by atoms with E-state index in [0.29, 0.717) is 52.1 Å². The van der Waals surface area contributed by atoms with Crippen molar-refractivity contribution < 1.29 is 47.6 Å². The summed E-state index contributed by atoms with van der Waals surface area (Å²) >= 11 is 0. The van der Waals surface area contributed by atoms with Crippen molar-refractivity contribution in [3.8, 4) is 0 Å². The van der Waals surface area contributed by atoms with E-state index in [4.69, 9.17) is 28.4 Å². The van der Waals surface area contributed by atoms with Crippen molar-refractivity contribution in [3.05, 3.63) is 0 Å². The zero-order valence-electron chi connectivity index (χ0n) is 35.3. The quantitative estimate of drug-likeness (QED) is 0.0274. The van der Waals surface area contributed by atoms with Crippen LogP contribution in [-0.4, -0.2) is 74.7 Å². The fourth-order valence-electron chi connectivity index (χ4n) is 8.74. The SMILES string of the molecule is CCCCCCCCCOC(=O)C1CC2OC2CC1C(=O)OCCCCCCCCCCCCOC(=O)C1CC2OC2CC1C(=O)OCCCCCCCCC. The summed E-state index contributed by atoms with van der Waals surface area (Å²) in [6.45, 7) is 6.08. The highest BCUT2D eigenvalue weighted by atomic mass is 16.6. The molecule has 2 heterocycles. The molecule has 4 aliphatic rings. The van der Waals surface area contributed by atoms with Gasteiger partial charge in [0.1, 0.15) is 0 Å². The highest BCUT2D eigenvalue weighted by Crippen LogP contribution is 2.45. The molecule has 0 radical (unpaired) electrons. The lowest BCUT2D eigenvalue weighted by Crippen LogP contribution is -2.37. The topological polar surface area (TPSA) is 130 Å². The highest BCUT2D eigenvalue weighted by molar-refractivity contribution is 5.83. The van der Waals surface area contributed by atoms with Gasteiger partial charge in [-0.2, -0.15) is 0 Å². The van der Waals surface area contributed by atoms with Gasteiger partial charge < -0.3 is 28.4 Å². The smallest absolute Gasteiger partial charge is 0.309 e. The molecule has 0 amide bonds. The molecule has 2 saturated heterocycles. The number of hydrogen-bond donors (Lipinski definition) is 0. The van der Waals surface area contributed by atoms with Crippen LogP contribution in [0.5, 0.6) is 0 Å². The molecule has 322 valence electrons. The molecule has 0 aromatic carbocycles. The van der Waals surface area contributed by atoms with Gasteiger partial charge in [-0.3, -0.25) is 19.2 Å². The Morgan fingerprint density at radius 2 is 0.536 bits per heavy atom. The molecular weight excluding hydrogens is 712 g/mol. The number of ether oxygens (including phenoxy) is 6. The van der Waals surface area contributed by atoms with Crippen molar-refractivity contribution >= 4 is 23.9 Å². The number of fused-ring (bicyclic) bond motifs is 2. The van der Waals surface area contributed by atoms with Crippen LogP contribution in [0.15, 0.2) is 0 Å². The van der Waals surface area contributed by atoms with Gasteiger partial charge >= 0.3 is 23.9 Å². The molecule has 0 N–H and O–H groups in total. The molecular formula is C46H78O10. The van der Waals surface area contributed by atoms with Crippen molar-refractivity contribution in [1.82, 2.24) is 0 Å². The number of rotatable bonds is 33. The minimum Gasteiger partial charge on any atom is -0.465 e. The van der Waals surface area contributed by atoms with E-state index in [1.54, 1.807) is 0 Å². The van der Waals surface area contributed by atoms with E-state index < -0.39 is 23.7 Å². The molecule has 10 nitrogen and oxygen atoms in total. The second-order valence-electron chi connectivity index (χ2n) is 17.2. The van der Waals surface area contributed by atoms with Crippen LogP contribution in [0.1, 0.15) is 194 Å². The van der Waals surface area contributed by atoms with Crippen molar-refractivity contribution in [1.29, 1.82) is 0 Å². The predicted octanol–water partition coefficient (Wildman–Crippen LogP) is 10.1. The van der Waals surface area contributed by atoms with Crippen LogP contribution in [0.3, 0.4) is 0 Å². The van der Waals surface area contributed by atoms with Crippen LogP contribution >= 0.6 is 0 Å². The Morgan fingerprint density at radius 3 is 0.750 bits per heavy atom. The lowest BCUT2D eigenvalue weighted by molar-refractivity contribution is -0.162. The first-order valence-corrected chi connectivity index (χ1v) is 23.4. The molecule has 0 bridgehead atoms. The van der Waals surface area contributed by atoms with Gasteiger partial charge in [0.05, 0.1) is 74.5 Å². The third-order valence-electron chi connectivity index (χ3n) is 12.5. The maximum absolute atomic E-state index is 13.0. The van der Waals surface area contributed by atoms with Crippen LogP contribution < -0.4 is 0 Å². The van der Waals surface area contributed by atoms with E-state index in [0.717, 1.165) is 77.0 Å². The molecule has 0 aromatic heterocycles. The van der Waals surface area contributed by atoms with Crippen molar-refractivity contribution in [2.24, 2.45) is 23.7 Å². The van der Waals surface area contributed by atoms with Crippen LogP contribution in [0.4, 0.5) is 0 Å². The molecule has 0 spiro atoms. The van der Waals surface area contributed by atoms with Gasteiger partial charge in [0.15, 0.2) is 0 Å². The summed E-state index contributed by atoms with van der Waals surface area (Å²) in [5.41, 5.74) is 0. The zero-order chi connectivity index (χ0) is 39.8. The fourth-order valence-corrected chi connectivity index (χ4v) is 8.74. The summed E-state index contributed by atoms with van der Waals surface area (Å²) < 4.78 is 33.9. The lowest BCUT2D eigenvalue weighted by Gasteiger charge is -2.26. The van der Waals surface area contributed by atoms with Crippen LogP contribution in [0, 0.1) is 23.7 Å². The molecule has 8 unspecified atom stereocenters. The van der Waals surface area contributed by atoms with Gasteiger partial charge in [0, 0.05) is 0 Å². The van der Waals surface area contributed by atoms with E-state index in [9.17, 15) is 19.2 Å². The summed E-state index contributed by atoms with van der Waals surface area (Å²) in [6, 6.07) is 0. The van der Waals surface area contributed by atoms with E-state index in [1.807, 2.05) is 0 Å². The Balaban J connectivity index is 0.949. The number of hydrogen-bond acceptors (Lipinski definition) is 10. The summed E-state index contributed by atoms with van der Waals surface area (Å²) in [7, 11) is 0. The first-order valence-electron chi connectivity index (χ1n) is 23.4. The fraction of sp³-hybridized carbons (Fsp3) is 0.913. The van der Waals surface area contributed by atoms with Gasteiger partial charge in [-0.25, -0.2) is 0 Å². The minimum atomic E-state index is -0.461. The summed E-state index contributed by atoms with van der Waals surface area (Å²) in [5, 5.41) is 0. The third-order valence-corrected chi connectivity index (χ3v) is 12.5. The molecule has 2 aliphatic carbocycles. The molecule has 2 saturated carbocycles. The maximum atomic E-state index is 13.0. The minimum absolute atomic E-state index is 0.0841. The molecule has 56 heavy (non-hydrogen) atoms. The first kappa shape index (κ1) is 46.5. The van der Waals surface area contributed by atoms with Crippen molar-refractivity contribution in [3.63, 3.8) is 0 Å². The highest BCUT2D eigenvalue weighted by Gasteiger charge is 2.54. The van der Waals surface area contributed by atoms with Gasteiger partial charge in [0.25, 0.3) is 0 Å².